The summed E-state index contributed by atoms with van der Waals surface area (Å²) in [6.07, 6.45) is 0. The minimum atomic E-state index is -1.80. The van der Waals surface area contributed by atoms with Gasteiger partial charge in [-0.1, -0.05) is 43.0 Å². The topological polar surface area (TPSA) is 41.9 Å². The van der Waals surface area contributed by atoms with Crippen molar-refractivity contribution in [1.82, 2.24) is 0 Å². The Hall–Kier alpha value is -1.41. The smallest absolute Gasteiger partial charge is 0.278 e. The highest BCUT2D eigenvalue weighted by Gasteiger charge is 2.41. The zero-order valence-electron chi connectivity index (χ0n) is 13.0. The van der Waals surface area contributed by atoms with Crippen LogP contribution in [0.2, 0.25) is 39.3 Å². The average molecular weight is 307 g/mol. The molecule has 108 valence electrons. The van der Waals surface area contributed by atoms with E-state index in [-0.39, 0.29) is 5.91 Å². The molecule has 0 spiro atoms. The highest BCUT2D eigenvalue weighted by atomic mass is 28.4. The van der Waals surface area contributed by atoms with E-state index in [1.54, 1.807) is 0 Å². The van der Waals surface area contributed by atoms with Crippen molar-refractivity contribution in [2.45, 2.75) is 39.3 Å². The first-order chi connectivity index (χ1) is 9.11. The van der Waals surface area contributed by atoms with E-state index in [0.29, 0.717) is 5.71 Å². The average Bonchev–Trinajstić information content (AvgIpc) is 2.56. The van der Waals surface area contributed by atoms with E-state index < -0.39 is 16.6 Å². The molecule has 6 heteroatoms. The maximum Gasteiger partial charge on any atom is 0.278 e. The second-order valence-electron chi connectivity index (χ2n) is 6.97. The number of fused-ring (bicyclic) bond motifs is 1. The van der Waals surface area contributed by atoms with E-state index in [4.69, 9.17) is 4.53 Å². The highest BCUT2D eigenvalue weighted by molar-refractivity contribution is 6.87. The van der Waals surface area contributed by atoms with Gasteiger partial charge >= 0.3 is 0 Å². The van der Waals surface area contributed by atoms with Crippen molar-refractivity contribution < 1.29 is 9.32 Å². The normalized spacial score (nSPS) is 17.6. The number of rotatable bonds is 3. The number of hydrogen-bond donors (Lipinski definition) is 0. The van der Waals surface area contributed by atoms with E-state index in [1.165, 1.54) is 0 Å². The van der Waals surface area contributed by atoms with Crippen LogP contribution in [-0.4, -0.2) is 28.2 Å². The van der Waals surface area contributed by atoms with Gasteiger partial charge in [-0.3, -0.25) is 4.79 Å². The molecule has 0 bridgehead atoms. The highest BCUT2D eigenvalue weighted by Crippen LogP contribution is 2.33. The summed E-state index contributed by atoms with van der Waals surface area (Å²) in [4.78, 5) is 12.7. The van der Waals surface area contributed by atoms with Crippen LogP contribution in [0.25, 0.3) is 0 Å². The van der Waals surface area contributed by atoms with Crippen molar-refractivity contribution in [1.29, 1.82) is 0 Å². The molecule has 0 fully saturated rings. The molecule has 0 aliphatic carbocycles. The van der Waals surface area contributed by atoms with E-state index >= 15 is 0 Å². The monoisotopic (exact) mass is 306 g/mol. The van der Waals surface area contributed by atoms with E-state index in [2.05, 4.69) is 44.4 Å². The molecule has 0 saturated heterocycles. The number of oxime groups is 1. The molecule has 0 radical (unpaired) electrons. The van der Waals surface area contributed by atoms with Crippen molar-refractivity contribution >= 4 is 33.9 Å². The summed E-state index contributed by atoms with van der Waals surface area (Å²) in [6, 6.07) is 7.83. The molecule has 1 heterocycles. The summed E-state index contributed by atoms with van der Waals surface area (Å²) in [5.41, 5.74) is 2.30. The van der Waals surface area contributed by atoms with Crippen molar-refractivity contribution in [2.24, 2.45) is 5.16 Å². The number of para-hydroxylation sites is 1. The van der Waals surface area contributed by atoms with Gasteiger partial charge < -0.3 is 9.09 Å². The molecule has 0 saturated carbocycles. The van der Waals surface area contributed by atoms with E-state index in [9.17, 15) is 4.79 Å². The van der Waals surface area contributed by atoms with Gasteiger partial charge in [-0.15, -0.1) is 0 Å². The number of hydrogen-bond acceptors (Lipinski definition) is 3. The molecule has 0 atom stereocenters. The molecular weight excluding hydrogens is 284 g/mol. The van der Waals surface area contributed by atoms with Crippen LogP contribution in [0.5, 0.6) is 0 Å². The molecule has 1 aliphatic rings. The van der Waals surface area contributed by atoms with Gasteiger partial charge in [0.05, 0.1) is 0 Å². The zero-order chi connectivity index (χ0) is 15.1. The van der Waals surface area contributed by atoms with Crippen LogP contribution in [0.15, 0.2) is 29.4 Å². The van der Waals surface area contributed by atoms with Gasteiger partial charge in [-0.2, -0.15) is 0 Å². The van der Waals surface area contributed by atoms with Crippen LogP contribution >= 0.6 is 0 Å². The van der Waals surface area contributed by atoms with E-state index in [0.717, 1.165) is 11.3 Å². The summed E-state index contributed by atoms with van der Waals surface area (Å²) in [5, 5.41) is 4.19. The fourth-order valence-corrected chi connectivity index (χ4v) is 4.13. The quantitative estimate of drug-likeness (QED) is 0.634. The number of nitrogens with zero attached hydrogens (tertiary/aromatic N) is 2. The predicted molar refractivity (Wildman–Crippen MR) is 88.2 cm³/mol. The van der Waals surface area contributed by atoms with Gasteiger partial charge in [0.25, 0.3) is 14.2 Å². The number of amides is 1. The number of benzene rings is 1. The molecule has 2 rings (SSSR count). The molecule has 1 aliphatic heterocycles. The lowest BCUT2D eigenvalue weighted by atomic mass is 10.1. The standard InChI is InChI=1S/C14H22N2O2Si2/c1-19(2,3)16-12-10-8-7-9-11(12)13(14(16)17)15-18-20(4,5)6/h7-10H,1-6H3/b15-13+. The Bertz CT molecular complexity index is 571. The van der Waals surface area contributed by atoms with Gasteiger partial charge in [-0.05, 0) is 25.7 Å². The summed E-state index contributed by atoms with van der Waals surface area (Å²) in [5.74, 6) is -0.0244. The minimum absolute atomic E-state index is 0.0244. The van der Waals surface area contributed by atoms with E-state index in [1.807, 2.05) is 28.8 Å². The molecule has 0 unspecified atom stereocenters. The largest absolute Gasteiger partial charge is 0.455 e. The molecule has 20 heavy (non-hydrogen) atoms. The van der Waals surface area contributed by atoms with Crippen LogP contribution in [0.3, 0.4) is 0 Å². The van der Waals surface area contributed by atoms with Crippen molar-refractivity contribution in [3.05, 3.63) is 29.8 Å². The minimum Gasteiger partial charge on any atom is -0.455 e. The maximum atomic E-state index is 12.7. The Morgan fingerprint density at radius 1 is 1.05 bits per heavy atom. The van der Waals surface area contributed by atoms with Crippen LogP contribution in [0.4, 0.5) is 5.69 Å². The fraction of sp³-hybridized carbons (Fsp3) is 0.429. The van der Waals surface area contributed by atoms with Crippen molar-refractivity contribution in [3.63, 3.8) is 0 Å². The zero-order valence-corrected chi connectivity index (χ0v) is 15.0. The number of carbonyl (C=O) groups excluding carboxylic acids is 1. The van der Waals surface area contributed by atoms with Crippen LogP contribution in [0.1, 0.15) is 5.56 Å². The van der Waals surface area contributed by atoms with Crippen LogP contribution in [-0.2, 0) is 9.32 Å². The van der Waals surface area contributed by atoms with Gasteiger partial charge in [0.15, 0.2) is 13.9 Å². The van der Waals surface area contributed by atoms with Gasteiger partial charge in [0.2, 0.25) is 0 Å². The Labute approximate surface area is 122 Å². The third-order valence-electron chi connectivity index (χ3n) is 2.89. The molecular formula is C14H22N2O2Si2. The maximum absolute atomic E-state index is 12.7. The Morgan fingerprint density at radius 3 is 2.20 bits per heavy atom. The predicted octanol–water partition coefficient (Wildman–Crippen LogP) is 3.42. The molecule has 0 N–H and O–H groups in total. The summed E-state index contributed by atoms with van der Waals surface area (Å²) < 4.78 is 7.52. The third kappa shape index (κ3) is 2.86. The third-order valence-corrected chi connectivity index (χ3v) is 5.31. The van der Waals surface area contributed by atoms with Crippen LogP contribution < -0.4 is 4.57 Å². The fourth-order valence-electron chi connectivity index (χ4n) is 2.14. The Morgan fingerprint density at radius 2 is 1.65 bits per heavy atom. The second kappa shape index (κ2) is 4.85. The molecule has 1 aromatic carbocycles. The van der Waals surface area contributed by atoms with Crippen molar-refractivity contribution in [2.75, 3.05) is 4.57 Å². The summed E-state index contributed by atoms with van der Waals surface area (Å²) in [7, 11) is -3.59. The molecule has 0 aromatic heterocycles. The number of anilines is 1. The Balaban J connectivity index is 2.49. The number of carbonyl (C=O) groups is 1. The SMILES string of the molecule is C[Si](C)(C)O/N=C1/C(=O)N([Si](C)(C)C)c2ccccc21. The van der Waals surface area contributed by atoms with Gasteiger partial charge in [0.1, 0.15) is 0 Å². The first-order valence-electron chi connectivity index (χ1n) is 6.81. The molecule has 4 nitrogen and oxygen atoms in total. The second-order valence-corrected chi connectivity index (χ2v) is 16.2. The molecule has 1 aromatic rings. The lowest BCUT2D eigenvalue weighted by Crippen LogP contribution is -2.49. The lowest BCUT2D eigenvalue weighted by Gasteiger charge is -2.30. The van der Waals surface area contributed by atoms with Gasteiger partial charge in [-0.25, -0.2) is 0 Å². The first kappa shape index (κ1) is 15.0. The Kier molecular flexibility index (Phi) is 3.64. The van der Waals surface area contributed by atoms with Crippen LogP contribution in [0, 0.1) is 0 Å². The lowest BCUT2D eigenvalue weighted by molar-refractivity contribution is -0.111. The first-order valence-corrected chi connectivity index (χ1v) is 13.7. The van der Waals surface area contributed by atoms with Gasteiger partial charge in [0, 0.05) is 11.3 Å². The summed E-state index contributed by atoms with van der Waals surface area (Å²) in [6.45, 7) is 12.6. The summed E-state index contributed by atoms with van der Waals surface area (Å²) >= 11 is 0. The van der Waals surface area contributed by atoms with Crippen molar-refractivity contribution in [3.8, 4) is 0 Å². The molecule has 1 amide bonds.